The molecule has 9 aliphatic heterocycles. The Morgan fingerprint density at radius 1 is 0.562 bits per heavy atom. The number of aliphatic carboxylic acids is 1. The Labute approximate surface area is 742 Å². The van der Waals surface area contributed by atoms with Crippen LogP contribution in [0.4, 0.5) is 0 Å². The highest BCUT2D eigenvalue weighted by Crippen LogP contribution is 2.51. The van der Waals surface area contributed by atoms with Crippen molar-refractivity contribution in [3.63, 3.8) is 0 Å². The molecular weight excluding hydrogens is 1720 g/mol. The summed E-state index contributed by atoms with van der Waals surface area (Å²) in [5.74, 6) is -17.5. The topological polar surface area (TPSA) is 573 Å². The fourth-order valence-corrected chi connectivity index (χ4v) is 16.4. The average molecular weight is 1820 g/mol. The Kier molecular flexibility index (Phi) is 29.7. The highest BCUT2D eigenvalue weighted by molar-refractivity contribution is 6.33. The molecule has 9 aliphatic rings. The van der Waals surface area contributed by atoms with E-state index in [9.17, 15) is 75.7 Å². The number of halogens is 2. The second kappa shape index (κ2) is 40.6. The molecule has 17 bridgehead atoms. The highest BCUT2D eigenvalue weighted by atomic mass is 35.5. The first kappa shape index (κ1) is 93.7. The number of ether oxygens (including phenoxy) is 7. The number of aliphatic hydroxyl groups excluding tert-OH is 7. The first-order valence-corrected chi connectivity index (χ1v) is 42.3. The van der Waals surface area contributed by atoms with Crippen LogP contribution < -0.4 is 71.5 Å². The molecule has 0 spiro atoms. The van der Waals surface area contributed by atoms with Crippen LogP contribution in [0.5, 0.6) is 69.0 Å². The molecule has 2 unspecified atom stereocenters. The van der Waals surface area contributed by atoms with E-state index in [0.29, 0.717) is 25.3 Å². The van der Waals surface area contributed by atoms with Crippen molar-refractivity contribution < 1.29 is 138 Å². The summed E-state index contributed by atoms with van der Waals surface area (Å²) >= 11 is 14.3. The van der Waals surface area contributed by atoms with Crippen LogP contribution in [-0.2, 0) is 59.0 Å². The molecule has 2 saturated heterocycles. The van der Waals surface area contributed by atoms with E-state index in [4.69, 9.17) is 56.4 Å². The lowest BCUT2D eigenvalue weighted by Gasteiger charge is -2.41. The maximum atomic E-state index is 16.8. The molecule has 38 nitrogen and oxygen atoms in total. The van der Waals surface area contributed by atoms with Gasteiger partial charge in [0.05, 0.1) is 16.7 Å². The van der Waals surface area contributed by atoms with E-state index in [2.05, 4.69) is 61.7 Å². The van der Waals surface area contributed by atoms with Crippen molar-refractivity contribution in [2.75, 3.05) is 40.8 Å². The summed E-state index contributed by atoms with van der Waals surface area (Å²) in [5, 5.41) is 161. The number of hydrogen-bond donors (Lipinski definition) is 21. The SMILES string of the molecule is CN[C@H]1C(=O)N[C@@H]2Cc3ccc(cc3)Oc3cc4cc(c3O[C@@H]3O[C@H](C(=O)O)[C@@H](O)[C@H](O)[C@H]3NC(=O)CCCCCCCCC(C)C)Oc3ccc(cc3Cl)[C@@H](O)[C@@H]3NC(=O)C(NC(=O)[C@@H]4NC(=O)[C@@H](NC2=O)c2cc(cc(O)c2Cl)Oc2ccc1cc2O)c1ccc(O)c(c1)-c1c(OC2O[C@H](CO)[C@@H](O)[C@H](O)[C@@H]2O)cc(O)cc1[C@@H](C(=O)NCCCN(C)C)NC3=O. The van der Waals surface area contributed by atoms with Crippen molar-refractivity contribution in [1.82, 2.24) is 52.8 Å². The largest absolute Gasteiger partial charge is 0.508 e. The zero-order valence-corrected chi connectivity index (χ0v) is 71.2. The van der Waals surface area contributed by atoms with Crippen LogP contribution in [0.1, 0.15) is 147 Å². The first-order chi connectivity index (χ1) is 61.1. The Balaban J connectivity index is 1.04. The van der Waals surface area contributed by atoms with Crippen LogP contribution in [0.25, 0.3) is 11.1 Å². The van der Waals surface area contributed by atoms with Gasteiger partial charge in [-0.15, -0.1) is 0 Å². The molecule has 40 heteroatoms. The molecule has 7 aromatic rings. The number of unbranched alkanes of at least 4 members (excludes halogenated alkanes) is 5. The number of carbonyl (C=O) groups excluding carboxylic acids is 8. The molecule has 21 N–H and O–H groups in total. The lowest BCUT2D eigenvalue weighted by Crippen LogP contribution is -2.66. The number of carboxylic acids is 1. The molecule has 8 amide bonds. The van der Waals surface area contributed by atoms with Crippen LogP contribution >= 0.6 is 23.2 Å². The second-order valence-corrected chi connectivity index (χ2v) is 33.5. The third kappa shape index (κ3) is 21.1. The minimum atomic E-state index is -2.45. The molecular formula is C88H100Cl2N10O28. The number of likely N-dealkylation sites (N-methyl/N-ethyl adjacent to an activating group) is 1. The smallest absolute Gasteiger partial charge is 0.335 e. The number of carboxylic acid groups (broad SMARTS) is 1. The summed E-state index contributed by atoms with van der Waals surface area (Å²) in [6.07, 6.45) is -15.8. The van der Waals surface area contributed by atoms with Crippen molar-refractivity contribution in [3.8, 4) is 80.1 Å². The molecule has 0 saturated carbocycles. The van der Waals surface area contributed by atoms with Gasteiger partial charge in [0.25, 0.3) is 0 Å². The zero-order valence-electron chi connectivity index (χ0n) is 69.7. The predicted molar refractivity (Wildman–Crippen MR) is 452 cm³/mol. The van der Waals surface area contributed by atoms with Gasteiger partial charge in [0.2, 0.25) is 65.6 Å². The number of phenolic OH excluding ortho intramolecular Hbond substituents is 4. The number of carbonyl (C=O) groups is 9. The van der Waals surface area contributed by atoms with Gasteiger partial charge in [-0.1, -0.05) is 106 Å². The summed E-state index contributed by atoms with van der Waals surface area (Å²) in [4.78, 5) is 140. The Morgan fingerprint density at radius 3 is 1.91 bits per heavy atom. The molecule has 128 heavy (non-hydrogen) atoms. The third-order valence-electron chi connectivity index (χ3n) is 22.7. The number of phenols is 4. The maximum Gasteiger partial charge on any atom is 0.335 e. The van der Waals surface area contributed by atoms with Gasteiger partial charge in [-0.25, -0.2) is 4.79 Å². The third-order valence-corrected chi connectivity index (χ3v) is 23.4. The van der Waals surface area contributed by atoms with E-state index in [1.165, 1.54) is 49.5 Å². The van der Waals surface area contributed by atoms with E-state index in [1.54, 1.807) is 19.0 Å². The minimum Gasteiger partial charge on any atom is -0.508 e. The minimum absolute atomic E-state index is 0.0944. The number of amides is 8. The Bertz CT molecular complexity index is 5340. The van der Waals surface area contributed by atoms with Gasteiger partial charge in [0, 0.05) is 48.2 Å². The Morgan fingerprint density at radius 2 is 1.22 bits per heavy atom. The van der Waals surface area contributed by atoms with E-state index in [0.717, 1.165) is 105 Å². The number of hydrogen-bond acceptors (Lipinski definition) is 29. The number of aromatic hydroxyl groups is 4. The molecule has 18 atom stereocenters. The van der Waals surface area contributed by atoms with Crippen molar-refractivity contribution in [2.24, 2.45) is 5.92 Å². The fourth-order valence-electron chi connectivity index (χ4n) is 15.9. The number of benzene rings is 7. The molecule has 0 aromatic heterocycles. The van der Waals surface area contributed by atoms with Gasteiger partial charge in [-0.3, -0.25) is 38.4 Å². The van der Waals surface area contributed by atoms with E-state index >= 15 is 28.8 Å². The quantitative estimate of drug-likeness (QED) is 0.0423. The van der Waals surface area contributed by atoms with Crippen LogP contribution in [0, 0.1) is 5.92 Å². The average Bonchev–Trinajstić information content (AvgIpc) is 0.852. The predicted octanol–water partition coefficient (Wildman–Crippen LogP) is 4.17. The number of fused-ring (bicyclic) bond motifs is 14. The van der Waals surface area contributed by atoms with Gasteiger partial charge in [-0.2, -0.15) is 0 Å². The lowest BCUT2D eigenvalue weighted by molar-refractivity contribution is -0.277. The standard InChI is InChI=1S/C88H100Cl2N10O28/c1-38(2)13-10-8-6-7-9-11-14-61(106)94-70-73(109)75(111)78(86(120)121)128-87(70)127-77-58-31-43-32-59(77)124-55-23-19-42(29-50(55)89)71(107)69-85(119)98-67(80(114)92-25-12-26-100(4)5)48-33-44(102)34-57(125-88-76(112)74(110)72(108)60(37-101)126-88)62(48)47-28-40(17-22-52(47)103)65(82(116)99-69)95-83(117)66(43)96-84(118)68-49-35-46(36-54(105)63(49)90)123-56-24-18-41(30-53(56)104)64(91-3)81(115)93-51(79(113)97-68)27-39-15-20-45(122-58)21-16-39/h15-24,28-36,38,51,60,64-76,78,87-88,91,101-105,107-112H,6-14,25-27,37H2,1-5H3,(H,92,114)(H,93,115)(H,94,106)(H,95,117)(H,96,118)(H,97,113)(H,98,119)(H,99,116)(H,120,121)/t51-,60-,64-,65?,66-,67+,68+,69+,70-,71-,72-,73-,74+,75+,76+,78+,87-,88?/m1/s1. The van der Waals surface area contributed by atoms with Crippen LogP contribution in [0.2, 0.25) is 10.0 Å². The number of nitrogens with zero attached hydrogens (tertiary/aromatic N) is 1. The number of rotatable bonds is 22. The van der Waals surface area contributed by atoms with Gasteiger partial charge in [0.1, 0.15) is 131 Å². The van der Waals surface area contributed by atoms with Crippen LogP contribution in [-0.4, -0.2) is 234 Å². The molecule has 16 rings (SSSR count). The van der Waals surface area contributed by atoms with E-state index in [-0.39, 0.29) is 53.3 Å². The van der Waals surface area contributed by atoms with Gasteiger partial charge >= 0.3 is 5.97 Å². The summed E-state index contributed by atoms with van der Waals surface area (Å²) in [7, 11) is 4.95. The molecule has 2 fully saturated rings. The molecule has 7 aromatic carbocycles. The van der Waals surface area contributed by atoms with Crippen LogP contribution in [0.3, 0.4) is 0 Å². The highest BCUT2D eigenvalue weighted by Gasteiger charge is 2.52. The van der Waals surface area contributed by atoms with E-state index in [1.807, 2.05) is 0 Å². The number of aliphatic hydroxyl groups is 7. The lowest BCUT2D eigenvalue weighted by atomic mass is 9.89. The first-order valence-electron chi connectivity index (χ1n) is 41.5. The molecule has 0 radical (unpaired) electrons. The van der Waals surface area contributed by atoms with Crippen molar-refractivity contribution >= 4 is 76.4 Å². The van der Waals surface area contributed by atoms with Crippen LogP contribution in [0.15, 0.2) is 115 Å². The normalized spacial score (nSPS) is 25.8. The summed E-state index contributed by atoms with van der Waals surface area (Å²) < 4.78 is 44.4. The van der Waals surface area contributed by atoms with Crippen molar-refractivity contribution in [2.45, 2.75) is 188 Å². The maximum absolute atomic E-state index is 16.8. The summed E-state index contributed by atoms with van der Waals surface area (Å²) in [6, 6.07) is 5.66. The molecule has 9 heterocycles. The van der Waals surface area contributed by atoms with Gasteiger partial charge in [0.15, 0.2) is 29.1 Å². The molecule has 0 aliphatic carbocycles. The van der Waals surface area contributed by atoms with Gasteiger partial charge < -0.3 is 147 Å². The monoisotopic (exact) mass is 1810 g/mol. The van der Waals surface area contributed by atoms with Crippen molar-refractivity contribution in [3.05, 3.63) is 164 Å². The zero-order chi connectivity index (χ0) is 92.0. The Hall–Kier alpha value is -11.9. The summed E-state index contributed by atoms with van der Waals surface area (Å²) in [6.45, 7) is 3.61. The second-order valence-electron chi connectivity index (χ2n) is 32.7. The molecule has 684 valence electrons. The van der Waals surface area contributed by atoms with Gasteiger partial charge in [-0.05, 0) is 153 Å². The van der Waals surface area contributed by atoms with Crippen molar-refractivity contribution in [1.29, 1.82) is 0 Å². The summed E-state index contributed by atoms with van der Waals surface area (Å²) in [5.41, 5.74) is -2.72. The van der Waals surface area contributed by atoms with E-state index < -0.39 is 271 Å². The number of nitrogens with one attached hydrogen (secondary N) is 9. The fraction of sp³-hybridized carbons (Fsp3) is 0.420.